The molecular formula is C11H19N. The maximum Gasteiger partial charge on any atom is 0.00985 e. The molecule has 3 fully saturated rings. The molecule has 0 aromatic carbocycles. The molecule has 0 N–H and O–H groups in total. The number of fused-ring (bicyclic) bond motifs is 2. The van der Waals surface area contributed by atoms with Gasteiger partial charge in [0.15, 0.2) is 0 Å². The SMILES string of the molecule is C1CC2CC3CCCN3CC2C1. The van der Waals surface area contributed by atoms with Gasteiger partial charge in [-0.05, 0) is 44.1 Å². The van der Waals surface area contributed by atoms with Gasteiger partial charge in [0.25, 0.3) is 0 Å². The van der Waals surface area contributed by atoms with Crippen LogP contribution < -0.4 is 0 Å². The lowest BCUT2D eigenvalue weighted by Gasteiger charge is -2.37. The molecule has 1 saturated carbocycles. The minimum absolute atomic E-state index is 1.00. The molecule has 2 saturated heterocycles. The van der Waals surface area contributed by atoms with Crippen molar-refractivity contribution in [2.24, 2.45) is 11.8 Å². The van der Waals surface area contributed by atoms with Crippen LogP contribution in [0.3, 0.4) is 0 Å². The summed E-state index contributed by atoms with van der Waals surface area (Å²) in [7, 11) is 0. The van der Waals surface area contributed by atoms with Gasteiger partial charge in [-0.25, -0.2) is 0 Å². The van der Waals surface area contributed by atoms with Crippen molar-refractivity contribution in [3.05, 3.63) is 0 Å². The fraction of sp³-hybridized carbons (Fsp3) is 1.00. The molecule has 3 atom stereocenters. The van der Waals surface area contributed by atoms with Crippen molar-refractivity contribution in [1.82, 2.24) is 4.90 Å². The van der Waals surface area contributed by atoms with Crippen molar-refractivity contribution in [1.29, 1.82) is 0 Å². The molecule has 0 amide bonds. The van der Waals surface area contributed by atoms with Gasteiger partial charge in [-0.1, -0.05) is 12.8 Å². The summed E-state index contributed by atoms with van der Waals surface area (Å²) in [6.07, 6.45) is 9.14. The van der Waals surface area contributed by atoms with Crippen molar-refractivity contribution in [3.63, 3.8) is 0 Å². The van der Waals surface area contributed by atoms with Crippen LogP contribution >= 0.6 is 0 Å². The second kappa shape index (κ2) is 2.73. The first kappa shape index (κ1) is 7.37. The molecule has 0 aromatic rings. The molecule has 1 nitrogen and oxygen atoms in total. The van der Waals surface area contributed by atoms with Crippen LogP contribution in [0.15, 0.2) is 0 Å². The van der Waals surface area contributed by atoms with Crippen molar-refractivity contribution < 1.29 is 0 Å². The number of piperidine rings is 1. The summed E-state index contributed by atoms with van der Waals surface area (Å²) in [4.78, 5) is 2.77. The Morgan fingerprint density at radius 1 is 0.917 bits per heavy atom. The van der Waals surface area contributed by atoms with Crippen LogP contribution in [0.1, 0.15) is 38.5 Å². The fourth-order valence-electron chi connectivity index (χ4n) is 3.72. The third-order valence-electron chi connectivity index (χ3n) is 4.36. The van der Waals surface area contributed by atoms with E-state index in [4.69, 9.17) is 0 Å². The largest absolute Gasteiger partial charge is 0.300 e. The van der Waals surface area contributed by atoms with E-state index in [0.717, 1.165) is 17.9 Å². The van der Waals surface area contributed by atoms with Crippen LogP contribution in [-0.2, 0) is 0 Å². The predicted molar refractivity (Wildman–Crippen MR) is 50.0 cm³/mol. The van der Waals surface area contributed by atoms with Gasteiger partial charge >= 0.3 is 0 Å². The van der Waals surface area contributed by atoms with E-state index in [-0.39, 0.29) is 0 Å². The third-order valence-corrected chi connectivity index (χ3v) is 4.36. The highest BCUT2D eigenvalue weighted by atomic mass is 15.2. The zero-order chi connectivity index (χ0) is 7.97. The molecular weight excluding hydrogens is 146 g/mol. The van der Waals surface area contributed by atoms with E-state index in [2.05, 4.69) is 4.90 Å². The first-order chi connectivity index (χ1) is 5.93. The summed E-state index contributed by atoms with van der Waals surface area (Å²) in [5.74, 6) is 2.23. The van der Waals surface area contributed by atoms with E-state index in [1.165, 1.54) is 38.8 Å². The standard InChI is InChI=1S/C11H19N/c1-3-9-7-11-5-2-6-12(11)8-10(9)4-1/h9-11H,1-8H2. The molecule has 2 aliphatic heterocycles. The summed E-state index contributed by atoms with van der Waals surface area (Å²) in [5, 5.41) is 0. The van der Waals surface area contributed by atoms with Crippen molar-refractivity contribution in [2.45, 2.75) is 44.6 Å². The summed E-state index contributed by atoms with van der Waals surface area (Å²) >= 11 is 0. The highest BCUT2D eigenvalue weighted by Crippen LogP contribution is 2.42. The summed E-state index contributed by atoms with van der Waals surface area (Å²) in [6.45, 7) is 2.86. The van der Waals surface area contributed by atoms with Gasteiger partial charge in [-0.3, -0.25) is 0 Å². The average molecular weight is 165 g/mol. The Bertz CT molecular complexity index is 142. The van der Waals surface area contributed by atoms with Gasteiger partial charge in [0.1, 0.15) is 0 Å². The lowest BCUT2D eigenvalue weighted by Crippen LogP contribution is -2.41. The van der Waals surface area contributed by atoms with E-state index in [9.17, 15) is 0 Å². The average Bonchev–Trinajstić information content (AvgIpc) is 2.64. The third kappa shape index (κ3) is 1.02. The van der Waals surface area contributed by atoms with Crippen LogP contribution in [-0.4, -0.2) is 24.0 Å². The summed E-state index contributed by atoms with van der Waals surface area (Å²) in [5.41, 5.74) is 0. The van der Waals surface area contributed by atoms with Gasteiger partial charge in [-0.15, -0.1) is 0 Å². The molecule has 0 spiro atoms. The maximum absolute atomic E-state index is 2.77. The Kier molecular flexibility index (Phi) is 1.68. The number of hydrogen-bond acceptors (Lipinski definition) is 1. The van der Waals surface area contributed by atoms with Crippen molar-refractivity contribution in [3.8, 4) is 0 Å². The molecule has 12 heavy (non-hydrogen) atoms. The van der Waals surface area contributed by atoms with Gasteiger partial charge in [0, 0.05) is 12.6 Å². The molecule has 0 radical (unpaired) electrons. The first-order valence-corrected chi connectivity index (χ1v) is 5.67. The predicted octanol–water partition coefficient (Wildman–Crippen LogP) is 2.27. The molecule has 1 aliphatic carbocycles. The highest BCUT2D eigenvalue weighted by molar-refractivity contribution is 4.93. The van der Waals surface area contributed by atoms with E-state index < -0.39 is 0 Å². The van der Waals surface area contributed by atoms with Crippen LogP contribution in [0.5, 0.6) is 0 Å². The van der Waals surface area contributed by atoms with Gasteiger partial charge < -0.3 is 4.90 Å². The van der Waals surface area contributed by atoms with E-state index in [1.54, 1.807) is 12.8 Å². The van der Waals surface area contributed by atoms with Crippen molar-refractivity contribution >= 4 is 0 Å². The number of rotatable bonds is 0. The molecule has 0 bridgehead atoms. The normalized spacial score (nSPS) is 47.5. The molecule has 3 unspecified atom stereocenters. The Balaban J connectivity index is 1.75. The van der Waals surface area contributed by atoms with E-state index in [1.807, 2.05) is 0 Å². The fourth-order valence-corrected chi connectivity index (χ4v) is 3.72. The Hall–Kier alpha value is -0.0400. The highest BCUT2D eigenvalue weighted by Gasteiger charge is 2.39. The van der Waals surface area contributed by atoms with Gasteiger partial charge in [0.05, 0.1) is 0 Å². The summed E-state index contributed by atoms with van der Waals surface area (Å²) in [6, 6.07) is 1.00. The number of nitrogens with zero attached hydrogens (tertiary/aromatic N) is 1. The van der Waals surface area contributed by atoms with Crippen LogP contribution in [0.25, 0.3) is 0 Å². The molecule has 3 aliphatic rings. The Labute approximate surface area is 75.1 Å². The molecule has 1 heteroatoms. The van der Waals surface area contributed by atoms with E-state index >= 15 is 0 Å². The molecule has 68 valence electrons. The zero-order valence-electron chi connectivity index (χ0n) is 7.84. The van der Waals surface area contributed by atoms with Crippen LogP contribution in [0.4, 0.5) is 0 Å². The van der Waals surface area contributed by atoms with Gasteiger partial charge in [-0.2, -0.15) is 0 Å². The van der Waals surface area contributed by atoms with Crippen molar-refractivity contribution in [2.75, 3.05) is 13.1 Å². The minimum atomic E-state index is 1.00. The summed E-state index contributed by atoms with van der Waals surface area (Å²) < 4.78 is 0. The van der Waals surface area contributed by atoms with Gasteiger partial charge in [0.2, 0.25) is 0 Å². The first-order valence-electron chi connectivity index (χ1n) is 5.67. The lowest BCUT2D eigenvalue weighted by atomic mass is 9.85. The second-order valence-electron chi connectivity index (χ2n) is 4.98. The monoisotopic (exact) mass is 165 g/mol. The minimum Gasteiger partial charge on any atom is -0.300 e. The zero-order valence-corrected chi connectivity index (χ0v) is 7.84. The maximum atomic E-state index is 2.77. The van der Waals surface area contributed by atoms with Crippen LogP contribution in [0, 0.1) is 11.8 Å². The Morgan fingerprint density at radius 3 is 2.83 bits per heavy atom. The quantitative estimate of drug-likeness (QED) is 0.532. The lowest BCUT2D eigenvalue weighted by molar-refractivity contribution is 0.111. The van der Waals surface area contributed by atoms with E-state index in [0.29, 0.717) is 0 Å². The molecule has 3 rings (SSSR count). The van der Waals surface area contributed by atoms with Crippen LogP contribution in [0.2, 0.25) is 0 Å². The molecule has 0 aromatic heterocycles. The topological polar surface area (TPSA) is 3.24 Å². The Morgan fingerprint density at radius 2 is 1.83 bits per heavy atom. The number of hydrogen-bond donors (Lipinski definition) is 0. The smallest absolute Gasteiger partial charge is 0.00985 e. The second-order valence-corrected chi connectivity index (χ2v) is 4.98. The molecule has 2 heterocycles.